The molecule has 0 bridgehead atoms. The van der Waals surface area contributed by atoms with Gasteiger partial charge in [-0.25, -0.2) is 0 Å². The second kappa shape index (κ2) is 2.68. The summed E-state index contributed by atoms with van der Waals surface area (Å²) in [6.45, 7) is 1.42. The van der Waals surface area contributed by atoms with Crippen molar-refractivity contribution in [3.05, 3.63) is 23.8 Å². The van der Waals surface area contributed by atoms with Gasteiger partial charge in [0.25, 0.3) is 0 Å². The number of aromatic hydroxyl groups is 1. The van der Waals surface area contributed by atoms with E-state index in [2.05, 4.69) is 5.32 Å². The summed E-state index contributed by atoms with van der Waals surface area (Å²) in [6.07, 6.45) is 0. The highest BCUT2D eigenvalue weighted by Crippen LogP contribution is 2.36. The Hall–Kier alpha value is -1.22. The number of phenols is 1. The van der Waals surface area contributed by atoms with Gasteiger partial charge in [0.1, 0.15) is 5.75 Å². The zero-order valence-corrected chi connectivity index (χ0v) is 6.75. The van der Waals surface area contributed by atoms with Gasteiger partial charge in [0.05, 0.1) is 0 Å². The Bertz CT molecular complexity index is 299. The molecule has 3 heteroatoms. The fourth-order valence-corrected chi connectivity index (χ4v) is 1.67. The smallest absolute Gasteiger partial charge is 0.121 e. The summed E-state index contributed by atoms with van der Waals surface area (Å²) in [5.41, 5.74) is 7.56. The van der Waals surface area contributed by atoms with Crippen LogP contribution in [-0.2, 0) is 0 Å². The standard InChI is InChI=1S/C9H12N2O/c10-4-6-5-11-7-2-1-3-8(12)9(6)7/h1-3,6,11-12H,4-5,10H2. The lowest BCUT2D eigenvalue weighted by Gasteiger charge is -2.07. The number of fused-ring (bicyclic) bond motifs is 1. The monoisotopic (exact) mass is 164 g/mol. The molecule has 1 unspecified atom stereocenters. The van der Waals surface area contributed by atoms with Gasteiger partial charge in [0, 0.05) is 30.3 Å². The third-order valence-electron chi connectivity index (χ3n) is 2.31. The van der Waals surface area contributed by atoms with Crippen LogP contribution >= 0.6 is 0 Å². The van der Waals surface area contributed by atoms with Crippen molar-refractivity contribution in [2.24, 2.45) is 5.73 Å². The predicted molar refractivity (Wildman–Crippen MR) is 48.4 cm³/mol. The van der Waals surface area contributed by atoms with Crippen LogP contribution in [0.5, 0.6) is 5.75 Å². The highest BCUT2D eigenvalue weighted by atomic mass is 16.3. The molecule has 64 valence electrons. The summed E-state index contributed by atoms with van der Waals surface area (Å²) in [5.74, 6) is 0.620. The van der Waals surface area contributed by atoms with E-state index in [-0.39, 0.29) is 5.92 Å². The van der Waals surface area contributed by atoms with Gasteiger partial charge < -0.3 is 16.2 Å². The zero-order valence-electron chi connectivity index (χ0n) is 6.75. The number of hydrogen-bond acceptors (Lipinski definition) is 3. The van der Waals surface area contributed by atoms with Crippen molar-refractivity contribution in [3.8, 4) is 5.75 Å². The van der Waals surface area contributed by atoms with Crippen LogP contribution in [0.4, 0.5) is 5.69 Å². The molecule has 0 saturated carbocycles. The number of nitrogens with two attached hydrogens (primary N) is 1. The number of phenolic OH excluding ortho intramolecular Hbond substituents is 1. The van der Waals surface area contributed by atoms with Gasteiger partial charge in [-0.3, -0.25) is 0 Å². The van der Waals surface area contributed by atoms with Crippen molar-refractivity contribution in [2.45, 2.75) is 5.92 Å². The third-order valence-corrected chi connectivity index (χ3v) is 2.31. The molecule has 0 spiro atoms. The minimum atomic E-state index is 0.265. The normalized spacial score (nSPS) is 20.2. The Labute approximate surface area is 71.2 Å². The first kappa shape index (κ1) is 7.43. The molecule has 1 aromatic rings. The molecular weight excluding hydrogens is 152 g/mol. The average molecular weight is 164 g/mol. The van der Waals surface area contributed by atoms with Crippen molar-refractivity contribution in [3.63, 3.8) is 0 Å². The summed E-state index contributed by atoms with van der Waals surface area (Å²) in [6, 6.07) is 5.50. The number of benzene rings is 1. The van der Waals surface area contributed by atoms with E-state index in [0.717, 1.165) is 17.8 Å². The van der Waals surface area contributed by atoms with Crippen LogP contribution in [-0.4, -0.2) is 18.2 Å². The average Bonchev–Trinajstić information content (AvgIpc) is 2.49. The van der Waals surface area contributed by atoms with Crippen LogP contribution in [0, 0.1) is 0 Å². The Kier molecular flexibility index (Phi) is 1.66. The zero-order chi connectivity index (χ0) is 8.55. The van der Waals surface area contributed by atoms with E-state index in [0.29, 0.717) is 12.3 Å². The molecule has 3 nitrogen and oxygen atoms in total. The number of hydrogen-bond donors (Lipinski definition) is 3. The molecule has 0 saturated heterocycles. The minimum absolute atomic E-state index is 0.265. The van der Waals surface area contributed by atoms with E-state index in [1.807, 2.05) is 12.1 Å². The molecular formula is C9H12N2O. The molecule has 0 aromatic heterocycles. The first-order valence-electron chi connectivity index (χ1n) is 4.08. The van der Waals surface area contributed by atoms with E-state index in [1.165, 1.54) is 0 Å². The molecule has 4 N–H and O–H groups in total. The van der Waals surface area contributed by atoms with Gasteiger partial charge in [-0.15, -0.1) is 0 Å². The topological polar surface area (TPSA) is 58.3 Å². The second-order valence-electron chi connectivity index (χ2n) is 3.05. The molecule has 1 atom stereocenters. The van der Waals surface area contributed by atoms with Crippen molar-refractivity contribution in [2.75, 3.05) is 18.4 Å². The summed E-state index contributed by atoms with van der Waals surface area (Å²) in [4.78, 5) is 0. The van der Waals surface area contributed by atoms with Crippen molar-refractivity contribution in [1.82, 2.24) is 0 Å². The van der Waals surface area contributed by atoms with Crippen LogP contribution in [0.2, 0.25) is 0 Å². The van der Waals surface area contributed by atoms with Crippen molar-refractivity contribution in [1.29, 1.82) is 0 Å². The second-order valence-corrected chi connectivity index (χ2v) is 3.05. The lowest BCUT2D eigenvalue weighted by atomic mass is 10.0. The minimum Gasteiger partial charge on any atom is -0.508 e. The van der Waals surface area contributed by atoms with Gasteiger partial charge in [-0.05, 0) is 12.1 Å². The fourth-order valence-electron chi connectivity index (χ4n) is 1.67. The molecule has 0 fully saturated rings. The van der Waals surface area contributed by atoms with E-state index in [1.54, 1.807) is 6.07 Å². The summed E-state index contributed by atoms with van der Waals surface area (Å²) in [7, 11) is 0. The van der Waals surface area contributed by atoms with E-state index < -0.39 is 0 Å². The maximum atomic E-state index is 9.54. The number of anilines is 1. The van der Waals surface area contributed by atoms with Crippen LogP contribution in [0.1, 0.15) is 11.5 Å². The van der Waals surface area contributed by atoms with Crippen LogP contribution < -0.4 is 11.1 Å². The molecule has 0 aliphatic carbocycles. The molecule has 1 aliphatic rings. The van der Waals surface area contributed by atoms with Crippen LogP contribution in [0.3, 0.4) is 0 Å². The first-order chi connectivity index (χ1) is 5.83. The fraction of sp³-hybridized carbons (Fsp3) is 0.333. The molecule has 2 rings (SSSR count). The predicted octanol–water partition coefficient (Wildman–Crippen LogP) is 0.860. The Morgan fingerprint density at radius 3 is 3.17 bits per heavy atom. The summed E-state index contributed by atoms with van der Waals surface area (Å²) < 4.78 is 0. The SMILES string of the molecule is NCC1CNc2cccc(O)c21. The summed E-state index contributed by atoms with van der Waals surface area (Å²) >= 11 is 0. The highest BCUT2D eigenvalue weighted by molar-refractivity contribution is 5.63. The van der Waals surface area contributed by atoms with Gasteiger partial charge in [0.2, 0.25) is 0 Å². The Balaban J connectivity index is 2.48. The maximum absolute atomic E-state index is 9.54. The van der Waals surface area contributed by atoms with Crippen LogP contribution in [0.25, 0.3) is 0 Å². The number of nitrogens with one attached hydrogen (secondary N) is 1. The highest BCUT2D eigenvalue weighted by Gasteiger charge is 2.23. The Morgan fingerprint density at radius 2 is 2.42 bits per heavy atom. The van der Waals surface area contributed by atoms with Gasteiger partial charge in [-0.2, -0.15) is 0 Å². The van der Waals surface area contributed by atoms with E-state index >= 15 is 0 Å². The summed E-state index contributed by atoms with van der Waals surface area (Å²) in [5, 5.41) is 12.7. The van der Waals surface area contributed by atoms with Gasteiger partial charge >= 0.3 is 0 Å². The third kappa shape index (κ3) is 0.940. The molecule has 12 heavy (non-hydrogen) atoms. The number of rotatable bonds is 1. The van der Waals surface area contributed by atoms with Gasteiger partial charge in [0.15, 0.2) is 0 Å². The maximum Gasteiger partial charge on any atom is 0.121 e. The molecule has 1 aromatic carbocycles. The van der Waals surface area contributed by atoms with E-state index in [9.17, 15) is 5.11 Å². The van der Waals surface area contributed by atoms with E-state index in [4.69, 9.17) is 5.73 Å². The van der Waals surface area contributed by atoms with Gasteiger partial charge in [-0.1, -0.05) is 6.07 Å². The first-order valence-corrected chi connectivity index (χ1v) is 4.08. The lowest BCUT2D eigenvalue weighted by molar-refractivity contribution is 0.465. The van der Waals surface area contributed by atoms with Crippen molar-refractivity contribution >= 4 is 5.69 Å². The molecule has 1 heterocycles. The molecule has 1 aliphatic heterocycles. The lowest BCUT2D eigenvalue weighted by Crippen LogP contribution is -2.13. The van der Waals surface area contributed by atoms with Crippen LogP contribution in [0.15, 0.2) is 18.2 Å². The largest absolute Gasteiger partial charge is 0.508 e. The molecule has 0 radical (unpaired) electrons. The molecule has 0 amide bonds. The van der Waals surface area contributed by atoms with Crippen molar-refractivity contribution < 1.29 is 5.11 Å². The quantitative estimate of drug-likeness (QED) is 0.577. The Morgan fingerprint density at radius 1 is 1.58 bits per heavy atom.